The molecule has 1 atom stereocenters. The number of hydrogen-bond acceptors (Lipinski definition) is 5. The van der Waals surface area contributed by atoms with Gasteiger partial charge in [0.05, 0.1) is 5.56 Å². The summed E-state index contributed by atoms with van der Waals surface area (Å²) in [5.41, 5.74) is 0.178. The first kappa shape index (κ1) is 17.2. The van der Waals surface area contributed by atoms with E-state index >= 15 is 0 Å². The van der Waals surface area contributed by atoms with E-state index in [0.29, 0.717) is 17.2 Å². The van der Waals surface area contributed by atoms with Crippen molar-refractivity contribution in [3.8, 4) is 11.6 Å². The molecule has 1 aliphatic heterocycles. The number of carbonyl (C=O) groups excluding carboxylic acids is 1. The lowest BCUT2D eigenvalue weighted by Gasteiger charge is -2.17. The summed E-state index contributed by atoms with van der Waals surface area (Å²) in [4.78, 5) is 22.2. The maximum atomic E-state index is 12.7. The third-order valence-electron chi connectivity index (χ3n) is 4.32. The van der Waals surface area contributed by atoms with Crippen molar-refractivity contribution in [1.82, 2.24) is 15.1 Å². The van der Waals surface area contributed by atoms with Crippen molar-refractivity contribution in [3.05, 3.63) is 60.0 Å². The molecule has 0 spiro atoms. The summed E-state index contributed by atoms with van der Waals surface area (Å²) in [6.07, 6.45) is -2.66. The van der Waals surface area contributed by atoms with Gasteiger partial charge in [-0.15, -0.1) is 0 Å². The predicted octanol–water partition coefficient (Wildman–Crippen LogP) is 3.67. The normalized spacial score (nSPS) is 17.5. The van der Waals surface area contributed by atoms with E-state index in [2.05, 4.69) is 15.1 Å². The maximum Gasteiger partial charge on any atom is 0.416 e. The Morgan fingerprint density at radius 3 is 2.56 bits per heavy atom. The average molecular weight is 374 g/mol. The van der Waals surface area contributed by atoms with Crippen LogP contribution in [0.15, 0.2) is 53.2 Å². The van der Waals surface area contributed by atoms with E-state index in [-0.39, 0.29) is 30.7 Å². The number of nitrogens with zero attached hydrogens (tertiary/aromatic N) is 4. The van der Waals surface area contributed by atoms with E-state index in [1.807, 2.05) is 0 Å². The van der Waals surface area contributed by atoms with Crippen LogP contribution in [0.5, 0.6) is 0 Å². The van der Waals surface area contributed by atoms with Gasteiger partial charge in [-0.05, 0) is 36.4 Å². The van der Waals surface area contributed by atoms with E-state index in [1.165, 1.54) is 17.0 Å². The van der Waals surface area contributed by atoms with Crippen LogP contribution in [0.1, 0.15) is 23.7 Å². The zero-order valence-corrected chi connectivity index (χ0v) is 13.8. The van der Waals surface area contributed by atoms with Crippen molar-refractivity contribution < 1.29 is 22.5 Å². The molecule has 1 aromatic carbocycles. The van der Waals surface area contributed by atoms with Gasteiger partial charge in [0.2, 0.25) is 5.91 Å². The topological polar surface area (TPSA) is 72.1 Å². The number of benzene rings is 1. The Morgan fingerprint density at radius 1 is 1.11 bits per heavy atom. The van der Waals surface area contributed by atoms with Gasteiger partial charge in [-0.25, -0.2) is 0 Å². The molecule has 1 saturated heterocycles. The Bertz CT molecular complexity index is 955. The fourth-order valence-electron chi connectivity index (χ4n) is 2.95. The quantitative estimate of drug-likeness (QED) is 0.699. The highest BCUT2D eigenvalue weighted by molar-refractivity contribution is 5.96. The molecular weight excluding hydrogens is 361 g/mol. The predicted molar refractivity (Wildman–Crippen MR) is 88.7 cm³/mol. The van der Waals surface area contributed by atoms with Crippen molar-refractivity contribution in [2.24, 2.45) is 0 Å². The number of alkyl halides is 3. The Hall–Kier alpha value is -3.23. The zero-order chi connectivity index (χ0) is 19.0. The van der Waals surface area contributed by atoms with Gasteiger partial charge in [0, 0.05) is 30.8 Å². The van der Waals surface area contributed by atoms with Crippen LogP contribution in [0.25, 0.3) is 11.6 Å². The van der Waals surface area contributed by atoms with Gasteiger partial charge in [-0.1, -0.05) is 11.2 Å². The summed E-state index contributed by atoms with van der Waals surface area (Å²) >= 11 is 0. The highest BCUT2D eigenvalue weighted by Crippen LogP contribution is 2.34. The molecule has 2 aromatic heterocycles. The van der Waals surface area contributed by atoms with Crippen molar-refractivity contribution in [2.75, 3.05) is 11.4 Å². The second-order valence-electron chi connectivity index (χ2n) is 6.12. The highest BCUT2D eigenvalue weighted by atomic mass is 19.4. The fourth-order valence-corrected chi connectivity index (χ4v) is 2.95. The molecule has 3 aromatic rings. The van der Waals surface area contributed by atoms with E-state index in [4.69, 9.17) is 4.52 Å². The van der Waals surface area contributed by atoms with Gasteiger partial charge in [0.25, 0.3) is 5.89 Å². The Labute approximate surface area is 151 Å². The number of anilines is 1. The van der Waals surface area contributed by atoms with Crippen LogP contribution in [0.2, 0.25) is 0 Å². The molecule has 0 saturated carbocycles. The Kier molecular flexibility index (Phi) is 4.14. The van der Waals surface area contributed by atoms with Crippen LogP contribution in [-0.4, -0.2) is 27.6 Å². The molecule has 0 N–H and O–H groups in total. The summed E-state index contributed by atoms with van der Waals surface area (Å²) in [7, 11) is 0. The Morgan fingerprint density at radius 2 is 1.89 bits per heavy atom. The van der Waals surface area contributed by atoms with Crippen LogP contribution in [0.3, 0.4) is 0 Å². The van der Waals surface area contributed by atoms with Crippen LogP contribution in [0, 0.1) is 0 Å². The molecule has 6 nitrogen and oxygen atoms in total. The molecule has 1 aliphatic rings. The van der Waals surface area contributed by atoms with Crippen LogP contribution in [0.4, 0.5) is 18.9 Å². The van der Waals surface area contributed by atoms with Crippen LogP contribution in [-0.2, 0) is 11.0 Å². The first-order valence-corrected chi connectivity index (χ1v) is 8.14. The van der Waals surface area contributed by atoms with Gasteiger partial charge in [0.1, 0.15) is 5.69 Å². The lowest BCUT2D eigenvalue weighted by atomic mass is 10.1. The molecule has 9 heteroatoms. The molecule has 27 heavy (non-hydrogen) atoms. The van der Waals surface area contributed by atoms with Crippen molar-refractivity contribution in [3.63, 3.8) is 0 Å². The first-order valence-electron chi connectivity index (χ1n) is 8.14. The summed E-state index contributed by atoms with van der Waals surface area (Å²) in [6.45, 7) is 0.269. The SMILES string of the molecule is O=C1CC(c2noc(-c3ccccn3)n2)CN1c1ccc(C(F)(F)F)cc1. The summed E-state index contributed by atoms with van der Waals surface area (Å²) in [5.74, 6) is 0.120. The first-order chi connectivity index (χ1) is 12.9. The number of rotatable bonds is 3. The largest absolute Gasteiger partial charge is 0.416 e. The third-order valence-corrected chi connectivity index (χ3v) is 4.32. The second kappa shape index (κ2) is 6.49. The van der Waals surface area contributed by atoms with Crippen LogP contribution < -0.4 is 4.90 Å². The minimum Gasteiger partial charge on any atom is -0.332 e. The maximum absolute atomic E-state index is 12.7. The molecule has 1 fully saturated rings. The van der Waals surface area contributed by atoms with Gasteiger partial charge in [0.15, 0.2) is 5.82 Å². The zero-order valence-electron chi connectivity index (χ0n) is 13.8. The van der Waals surface area contributed by atoms with Gasteiger partial charge >= 0.3 is 6.18 Å². The van der Waals surface area contributed by atoms with Crippen molar-refractivity contribution >= 4 is 11.6 Å². The van der Waals surface area contributed by atoms with Gasteiger partial charge in [-0.2, -0.15) is 18.2 Å². The summed E-state index contributed by atoms with van der Waals surface area (Å²) in [6, 6.07) is 9.78. The second-order valence-corrected chi connectivity index (χ2v) is 6.12. The minimum absolute atomic E-state index is 0.155. The fraction of sp³-hybridized carbons (Fsp3) is 0.222. The van der Waals surface area contributed by atoms with E-state index in [9.17, 15) is 18.0 Å². The number of aromatic nitrogens is 3. The van der Waals surface area contributed by atoms with Crippen molar-refractivity contribution in [2.45, 2.75) is 18.5 Å². The van der Waals surface area contributed by atoms with Gasteiger partial charge in [-0.3, -0.25) is 9.78 Å². The monoisotopic (exact) mass is 374 g/mol. The number of carbonyl (C=O) groups is 1. The lowest BCUT2D eigenvalue weighted by Crippen LogP contribution is -2.24. The molecule has 0 radical (unpaired) electrons. The molecule has 0 bridgehead atoms. The van der Waals surface area contributed by atoms with Crippen molar-refractivity contribution in [1.29, 1.82) is 0 Å². The molecule has 0 aliphatic carbocycles. The van der Waals surface area contributed by atoms with E-state index in [1.54, 1.807) is 24.4 Å². The summed E-state index contributed by atoms with van der Waals surface area (Å²) in [5, 5.41) is 3.93. The Balaban J connectivity index is 1.52. The van der Waals surface area contributed by atoms with Crippen LogP contribution >= 0.6 is 0 Å². The molecule has 1 unspecified atom stereocenters. The molecule has 3 heterocycles. The number of pyridine rings is 1. The highest BCUT2D eigenvalue weighted by Gasteiger charge is 2.35. The standard InChI is InChI=1S/C18H13F3N4O2/c19-18(20,21)12-4-6-13(7-5-12)25-10-11(9-15(25)26)16-23-17(27-24-16)14-3-1-2-8-22-14/h1-8,11H,9-10H2. The molecule has 138 valence electrons. The minimum atomic E-state index is -4.41. The summed E-state index contributed by atoms with van der Waals surface area (Å²) < 4.78 is 43.3. The number of halogens is 3. The third kappa shape index (κ3) is 3.40. The lowest BCUT2D eigenvalue weighted by molar-refractivity contribution is -0.137. The smallest absolute Gasteiger partial charge is 0.332 e. The molecule has 1 amide bonds. The molecule has 4 rings (SSSR count). The van der Waals surface area contributed by atoms with Gasteiger partial charge < -0.3 is 9.42 Å². The van der Waals surface area contributed by atoms with E-state index < -0.39 is 11.7 Å². The van der Waals surface area contributed by atoms with E-state index in [0.717, 1.165) is 12.1 Å². The molecular formula is C18H13F3N4O2. The number of amides is 1. The number of hydrogen-bond donors (Lipinski definition) is 0. The average Bonchev–Trinajstić information content (AvgIpc) is 3.29.